The van der Waals surface area contributed by atoms with E-state index in [0.29, 0.717) is 6.67 Å². The molecule has 0 unspecified atom stereocenters. The lowest BCUT2D eigenvalue weighted by Crippen LogP contribution is -2.44. The normalized spacial score (nSPS) is 19.5. The summed E-state index contributed by atoms with van der Waals surface area (Å²) in [6.07, 6.45) is 1.65. The number of hydrazine groups is 2. The average Bonchev–Trinajstić information content (AvgIpc) is 2.14. The van der Waals surface area contributed by atoms with Gasteiger partial charge < -0.3 is 5.73 Å². The summed E-state index contributed by atoms with van der Waals surface area (Å²) < 4.78 is 0. The molecule has 8 heavy (non-hydrogen) atoms. The van der Waals surface area contributed by atoms with E-state index >= 15 is 0 Å². The summed E-state index contributed by atoms with van der Waals surface area (Å²) in [6, 6.07) is 0. The Hall–Kier alpha value is -0.810. The summed E-state index contributed by atoms with van der Waals surface area (Å²) in [5.41, 5.74) is 7.93. The lowest BCUT2D eigenvalue weighted by Gasteiger charge is -2.19. The average molecular weight is 115 g/mol. The minimum Gasteiger partial charge on any atom is -0.315 e. The molecule has 46 valence electrons. The zero-order valence-corrected chi connectivity index (χ0v) is 4.70. The first-order valence-corrected chi connectivity index (χ1v) is 2.34. The Kier molecular flexibility index (Phi) is 1.32. The van der Waals surface area contributed by atoms with Crippen molar-refractivity contribution in [1.29, 1.82) is 0 Å². The molecule has 0 aromatic rings. The molecule has 5 heteroatoms. The van der Waals surface area contributed by atoms with Crippen molar-refractivity contribution in [1.82, 2.24) is 15.7 Å². The second kappa shape index (κ2) is 1.97. The molecule has 1 heterocycles. The molecule has 0 aromatic heterocycles. The van der Waals surface area contributed by atoms with Gasteiger partial charge in [-0.05, 0) is 0 Å². The second-order valence-electron chi connectivity index (χ2n) is 1.50. The Morgan fingerprint density at radius 2 is 2.62 bits per heavy atom. The van der Waals surface area contributed by atoms with Crippen molar-refractivity contribution in [3.8, 4) is 0 Å². The maximum Gasteiger partial charge on any atom is 0.128 e. The highest BCUT2D eigenvalue weighted by Gasteiger charge is 2.07. The highest BCUT2D eigenvalue weighted by Crippen LogP contribution is 1.88. The predicted octanol–water partition coefficient (Wildman–Crippen LogP) is -1.49. The molecular weight excluding hydrogens is 106 g/mol. The van der Waals surface area contributed by atoms with Crippen molar-refractivity contribution >= 4 is 6.34 Å². The molecule has 0 saturated heterocycles. The van der Waals surface area contributed by atoms with Gasteiger partial charge in [0.2, 0.25) is 0 Å². The molecule has 0 aliphatic carbocycles. The summed E-state index contributed by atoms with van der Waals surface area (Å²) in [5.74, 6) is 0. The Balaban J connectivity index is 2.38. The van der Waals surface area contributed by atoms with E-state index in [4.69, 9.17) is 5.73 Å². The van der Waals surface area contributed by atoms with Gasteiger partial charge in [-0.3, -0.25) is 5.01 Å². The van der Waals surface area contributed by atoms with Gasteiger partial charge in [0.1, 0.15) is 6.34 Å². The number of hydrazone groups is 1. The van der Waals surface area contributed by atoms with E-state index in [-0.39, 0.29) is 0 Å². The first-order chi connectivity index (χ1) is 3.84. The van der Waals surface area contributed by atoms with Crippen molar-refractivity contribution < 1.29 is 0 Å². The molecule has 3 N–H and O–H groups in total. The Morgan fingerprint density at radius 3 is 2.88 bits per heavy atom. The molecule has 1 aliphatic rings. The molecule has 1 rings (SSSR count). The van der Waals surface area contributed by atoms with Crippen LogP contribution in [0.25, 0.3) is 0 Å². The highest BCUT2D eigenvalue weighted by atomic mass is 15.9. The second-order valence-corrected chi connectivity index (χ2v) is 1.50. The van der Waals surface area contributed by atoms with Gasteiger partial charge in [-0.2, -0.15) is 5.10 Å². The van der Waals surface area contributed by atoms with Crippen molar-refractivity contribution in [2.75, 3.05) is 13.7 Å². The molecule has 0 radical (unpaired) electrons. The minimum atomic E-state index is 0.427. The van der Waals surface area contributed by atoms with Gasteiger partial charge >= 0.3 is 0 Å². The zero-order chi connectivity index (χ0) is 5.98. The molecule has 0 atom stereocenters. The zero-order valence-electron chi connectivity index (χ0n) is 4.70. The fourth-order valence-corrected chi connectivity index (χ4v) is 0.479. The molecule has 0 fully saturated rings. The number of hydrogen-bond acceptors (Lipinski definition) is 5. The number of nitrogens with zero attached hydrogens (tertiary/aromatic N) is 3. The van der Waals surface area contributed by atoms with Crippen LogP contribution in [0.3, 0.4) is 0 Å². The molecular formula is C3H9N5. The van der Waals surface area contributed by atoms with Gasteiger partial charge in [-0.25, -0.2) is 5.53 Å². The van der Waals surface area contributed by atoms with Crippen LogP contribution >= 0.6 is 0 Å². The van der Waals surface area contributed by atoms with Crippen LogP contribution in [0.15, 0.2) is 5.10 Å². The van der Waals surface area contributed by atoms with Crippen molar-refractivity contribution in [3.63, 3.8) is 0 Å². The van der Waals surface area contributed by atoms with E-state index in [1.54, 1.807) is 16.5 Å². The fourth-order valence-electron chi connectivity index (χ4n) is 0.479. The van der Waals surface area contributed by atoms with E-state index in [9.17, 15) is 0 Å². The monoisotopic (exact) mass is 115 g/mol. The number of nitrogens with two attached hydrogens (primary N) is 1. The predicted molar refractivity (Wildman–Crippen MR) is 30.3 cm³/mol. The van der Waals surface area contributed by atoms with Gasteiger partial charge in [0.15, 0.2) is 0 Å². The number of rotatable bonds is 1. The first-order valence-electron chi connectivity index (χ1n) is 2.34. The third kappa shape index (κ3) is 0.728. The van der Waals surface area contributed by atoms with Crippen LogP contribution in [0.4, 0.5) is 0 Å². The lowest BCUT2D eigenvalue weighted by molar-refractivity contribution is 0.0434. The van der Waals surface area contributed by atoms with Crippen LogP contribution in [0.1, 0.15) is 0 Å². The molecule has 0 amide bonds. The number of hydrogen-bond donors (Lipinski definition) is 2. The highest BCUT2D eigenvalue weighted by molar-refractivity contribution is 5.54. The van der Waals surface area contributed by atoms with Gasteiger partial charge in [-0.15, -0.1) is 5.12 Å². The maximum absolute atomic E-state index is 5.27. The summed E-state index contributed by atoms with van der Waals surface area (Å²) in [5, 5.41) is 7.14. The van der Waals surface area contributed by atoms with Crippen LogP contribution < -0.4 is 11.3 Å². The van der Waals surface area contributed by atoms with Gasteiger partial charge in [0.05, 0.1) is 6.67 Å². The molecule has 0 bridgehead atoms. The third-order valence-corrected chi connectivity index (χ3v) is 0.952. The van der Waals surface area contributed by atoms with Crippen LogP contribution in [0.2, 0.25) is 0 Å². The van der Waals surface area contributed by atoms with Gasteiger partial charge in [0, 0.05) is 7.05 Å². The lowest BCUT2D eigenvalue weighted by atomic mass is 11.0. The third-order valence-electron chi connectivity index (χ3n) is 0.952. The van der Waals surface area contributed by atoms with E-state index in [1.165, 1.54) is 0 Å². The SMILES string of the molecule is CN1C=NNN1CN. The fraction of sp³-hybridized carbons (Fsp3) is 0.667. The number of nitrogens with one attached hydrogen (secondary N) is 1. The molecule has 5 nitrogen and oxygen atoms in total. The van der Waals surface area contributed by atoms with E-state index in [0.717, 1.165) is 0 Å². The van der Waals surface area contributed by atoms with Crippen molar-refractivity contribution in [2.45, 2.75) is 0 Å². The quantitative estimate of drug-likeness (QED) is 0.437. The van der Waals surface area contributed by atoms with Crippen molar-refractivity contribution in [3.05, 3.63) is 0 Å². The Labute approximate surface area is 47.7 Å². The van der Waals surface area contributed by atoms with E-state index in [1.807, 2.05) is 7.05 Å². The van der Waals surface area contributed by atoms with Gasteiger partial charge in [0.25, 0.3) is 0 Å². The summed E-state index contributed by atoms with van der Waals surface area (Å²) in [7, 11) is 1.86. The van der Waals surface area contributed by atoms with Gasteiger partial charge in [-0.1, -0.05) is 0 Å². The smallest absolute Gasteiger partial charge is 0.128 e. The molecule has 0 spiro atoms. The summed E-state index contributed by atoms with van der Waals surface area (Å²) in [4.78, 5) is 0. The summed E-state index contributed by atoms with van der Waals surface area (Å²) >= 11 is 0. The van der Waals surface area contributed by atoms with Crippen LogP contribution in [0.5, 0.6) is 0 Å². The van der Waals surface area contributed by atoms with Crippen LogP contribution in [-0.2, 0) is 0 Å². The standard InChI is InChI=1S/C3H9N5/c1-7-3-5-6-8(7)2-4/h3,6H,2,4H2,1H3. The Bertz CT molecular complexity index is 99.8. The maximum atomic E-state index is 5.27. The van der Waals surface area contributed by atoms with Crippen LogP contribution in [-0.4, -0.2) is 30.2 Å². The van der Waals surface area contributed by atoms with Crippen molar-refractivity contribution in [2.24, 2.45) is 10.8 Å². The largest absolute Gasteiger partial charge is 0.315 e. The first kappa shape index (κ1) is 5.33. The molecule has 0 saturated carbocycles. The van der Waals surface area contributed by atoms with E-state index < -0.39 is 0 Å². The topological polar surface area (TPSA) is 56.9 Å². The Morgan fingerprint density at radius 1 is 1.88 bits per heavy atom. The summed E-state index contributed by atoms with van der Waals surface area (Å²) in [6.45, 7) is 0.427. The molecule has 0 aromatic carbocycles. The molecule has 1 aliphatic heterocycles. The van der Waals surface area contributed by atoms with E-state index in [2.05, 4.69) is 10.6 Å². The minimum absolute atomic E-state index is 0.427. The van der Waals surface area contributed by atoms with Crippen LogP contribution in [0, 0.1) is 0 Å².